The monoisotopic (exact) mass is 370 g/mol. The number of aliphatic imine (C=N–C) groups is 1. The second-order valence-corrected chi connectivity index (χ2v) is 6.71. The molecule has 2 heterocycles. The first-order chi connectivity index (χ1) is 13.0. The van der Waals surface area contributed by atoms with Gasteiger partial charge < -0.3 is 9.74 Å². The lowest BCUT2D eigenvalue weighted by atomic mass is 9.99. The van der Waals surface area contributed by atoms with Crippen LogP contribution >= 0.6 is 0 Å². The van der Waals surface area contributed by atoms with E-state index in [4.69, 9.17) is 4.84 Å². The molecule has 2 fully saturated rings. The normalized spacial score (nSPS) is 20.1. The van der Waals surface area contributed by atoms with Crippen LogP contribution in [-0.4, -0.2) is 53.5 Å². The maximum Gasteiger partial charge on any atom is 0.376 e. The SMILES string of the molecule is CC1CCN(C(=O)C(/C=C2\C(=O)ONN2C)=NC(=O)c2ccccc2)CC1. The van der Waals surface area contributed by atoms with E-state index in [1.807, 2.05) is 0 Å². The number of likely N-dealkylation sites (tertiary alicyclic amines) is 1. The van der Waals surface area contributed by atoms with Gasteiger partial charge in [0.05, 0.1) is 0 Å². The Hall–Kier alpha value is -3.00. The van der Waals surface area contributed by atoms with Crippen molar-refractivity contribution in [2.75, 3.05) is 20.1 Å². The zero-order valence-electron chi connectivity index (χ0n) is 15.3. The minimum absolute atomic E-state index is 0.0825. The van der Waals surface area contributed by atoms with Crippen LogP contribution in [0.1, 0.15) is 30.1 Å². The van der Waals surface area contributed by atoms with Gasteiger partial charge in [-0.25, -0.2) is 9.79 Å². The Bertz CT molecular complexity index is 795. The molecule has 3 rings (SSSR count). The van der Waals surface area contributed by atoms with E-state index >= 15 is 0 Å². The average Bonchev–Trinajstić information content (AvgIpc) is 3.00. The molecule has 1 aromatic rings. The number of rotatable bonds is 3. The summed E-state index contributed by atoms with van der Waals surface area (Å²) >= 11 is 0. The number of hydrogen-bond donors (Lipinski definition) is 1. The fourth-order valence-corrected chi connectivity index (χ4v) is 2.90. The lowest BCUT2D eigenvalue weighted by Gasteiger charge is -2.30. The minimum Gasteiger partial charge on any atom is -0.345 e. The zero-order valence-corrected chi connectivity index (χ0v) is 15.3. The van der Waals surface area contributed by atoms with Gasteiger partial charge in [-0.1, -0.05) is 30.7 Å². The van der Waals surface area contributed by atoms with E-state index in [2.05, 4.69) is 17.5 Å². The first-order valence-corrected chi connectivity index (χ1v) is 8.85. The van der Waals surface area contributed by atoms with E-state index in [0.717, 1.165) is 12.8 Å². The van der Waals surface area contributed by atoms with Crippen LogP contribution < -0.4 is 5.59 Å². The number of carbonyl (C=O) groups is 3. The van der Waals surface area contributed by atoms with Crippen molar-refractivity contribution >= 4 is 23.5 Å². The van der Waals surface area contributed by atoms with Crippen LogP contribution in [0.25, 0.3) is 0 Å². The van der Waals surface area contributed by atoms with Gasteiger partial charge in [0.25, 0.3) is 11.8 Å². The van der Waals surface area contributed by atoms with Crippen LogP contribution in [-0.2, 0) is 14.4 Å². The fourth-order valence-electron chi connectivity index (χ4n) is 2.90. The third-order valence-electron chi connectivity index (χ3n) is 4.65. The van der Waals surface area contributed by atoms with E-state index in [1.165, 1.54) is 11.1 Å². The van der Waals surface area contributed by atoms with Crippen LogP contribution in [0.3, 0.4) is 0 Å². The molecule has 0 atom stereocenters. The number of carbonyl (C=O) groups excluding carboxylic acids is 3. The molecule has 0 radical (unpaired) electrons. The molecule has 142 valence electrons. The third-order valence-corrected chi connectivity index (χ3v) is 4.65. The van der Waals surface area contributed by atoms with Crippen molar-refractivity contribution in [1.82, 2.24) is 15.5 Å². The van der Waals surface area contributed by atoms with Crippen molar-refractivity contribution in [2.24, 2.45) is 10.9 Å². The van der Waals surface area contributed by atoms with Gasteiger partial charge in [0.1, 0.15) is 11.4 Å². The Kier molecular flexibility index (Phi) is 5.66. The van der Waals surface area contributed by atoms with Gasteiger partial charge in [-0.15, -0.1) is 0 Å². The fraction of sp³-hybridized carbons (Fsp3) is 0.368. The molecule has 2 aliphatic heterocycles. The molecule has 0 aromatic heterocycles. The summed E-state index contributed by atoms with van der Waals surface area (Å²) in [5.74, 6) is -0.994. The Morgan fingerprint density at radius 1 is 1.22 bits per heavy atom. The highest BCUT2D eigenvalue weighted by molar-refractivity contribution is 6.45. The largest absolute Gasteiger partial charge is 0.376 e. The smallest absolute Gasteiger partial charge is 0.345 e. The molecule has 27 heavy (non-hydrogen) atoms. The number of benzene rings is 1. The number of nitrogens with one attached hydrogen (secondary N) is 1. The molecule has 2 amide bonds. The maximum absolute atomic E-state index is 13.0. The summed E-state index contributed by atoms with van der Waals surface area (Å²) in [5, 5.41) is 1.33. The van der Waals surface area contributed by atoms with Gasteiger partial charge in [-0.05, 0) is 30.9 Å². The molecular formula is C19H22N4O4. The van der Waals surface area contributed by atoms with Gasteiger partial charge in [0.15, 0.2) is 0 Å². The van der Waals surface area contributed by atoms with Crippen LogP contribution in [0.2, 0.25) is 0 Å². The van der Waals surface area contributed by atoms with Crippen molar-refractivity contribution in [3.63, 3.8) is 0 Å². The highest BCUT2D eigenvalue weighted by Crippen LogP contribution is 2.17. The topological polar surface area (TPSA) is 91.3 Å². The van der Waals surface area contributed by atoms with E-state index in [9.17, 15) is 14.4 Å². The number of likely N-dealkylation sites (N-methyl/N-ethyl adjacent to an activating group) is 1. The number of piperidine rings is 1. The second-order valence-electron chi connectivity index (χ2n) is 6.71. The van der Waals surface area contributed by atoms with Gasteiger partial charge in [-0.2, -0.15) is 0 Å². The van der Waals surface area contributed by atoms with Crippen molar-refractivity contribution in [3.8, 4) is 0 Å². The molecule has 2 aliphatic rings. The summed E-state index contributed by atoms with van der Waals surface area (Å²) in [7, 11) is 1.57. The van der Waals surface area contributed by atoms with E-state index < -0.39 is 11.9 Å². The summed E-state index contributed by atoms with van der Waals surface area (Å²) in [4.78, 5) is 47.7. The van der Waals surface area contributed by atoms with Gasteiger partial charge in [0.2, 0.25) is 0 Å². The molecule has 1 N–H and O–H groups in total. The van der Waals surface area contributed by atoms with Crippen molar-refractivity contribution < 1.29 is 19.2 Å². The third kappa shape index (κ3) is 4.40. The quantitative estimate of drug-likeness (QED) is 0.637. The van der Waals surface area contributed by atoms with Crippen LogP contribution in [0.15, 0.2) is 47.1 Å². The highest BCUT2D eigenvalue weighted by atomic mass is 16.7. The van der Waals surface area contributed by atoms with Gasteiger partial charge >= 0.3 is 5.97 Å². The number of hydrogen-bond acceptors (Lipinski definition) is 6. The van der Waals surface area contributed by atoms with Crippen LogP contribution in [0.4, 0.5) is 0 Å². The van der Waals surface area contributed by atoms with Crippen molar-refractivity contribution in [2.45, 2.75) is 19.8 Å². The molecule has 8 heteroatoms. The summed E-state index contributed by atoms with van der Waals surface area (Å²) in [6.45, 7) is 3.34. The first-order valence-electron chi connectivity index (χ1n) is 8.85. The van der Waals surface area contributed by atoms with E-state index in [0.29, 0.717) is 24.6 Å². The van der Waals surface area contributed by atoms with E-state index in [1.54, 1.807) is 42.3 Å². The molecule has 8 nitrogen and oxygen atoms in total. The first kappa shape index (κ1) is 18.8. The maximum atomic E-state index is 13.0. The Labute approximate surface area is 157 Å². The summed E-state index contributed by atoms with van der Waals surface area (Å²) in [6, 6.07) is 8.49. The number of nitrogens with zero attached hydrogens (tertiary/aromatic N) is 3. The number of hydrazine groups is 1. The van der Waals surface area contributed by atoms with Gasteiger partial charge in [-0.3, -0.25) is 14.6 Å². The lowest BCUT2D eigenvalue weighted by molar-refractivity contribution is -0.142. The minimum atomic E-state index is -0.641. The molecule has 0 unspecified atom stereocenters. The number of amides is 2. The molecule has 0 saturated carbocycles. The second kappa shape index (κ2) is 8.13. The lowest BCUT2D eigenvalue weighted by Crippen LogP contribution is -2.42. The van der Waals surface area contributed by atoms with Crippen molar-refractivity contribution in [3.05, 3.63) is 47.7 Å². The molecule has 1 aromatic carbocycles. The Morgan fingerprint density at radius 3 is 2.48 bits per heavy atom. The molecule has 2 saturated heterocycles. The Balaban J connectivity index is 1.92. The highest BCUT2D eigenvalue weighted by Gasteiger charge is 2.29. The predicted octanol–water partition coefficient (Wildman–Crippen LogP) is 1.32. The standard InChI is InChI=1S/C19H22N4O4/c1-13-8-10-23(11-9-13)18(25)15(12-16-19(26)27-21-22(16)2)20-17(24)14-6-4-3-5-7-14/h3-7,12-13,21H,8-11H2,1-2H3/b16-12+,20-15?. The summed E-state index contributed by atoms with van der Waals surface area (Å²) in [6.07, 6.45) is 3.08. The van der Waals surface area contributed by atoms with Crippen LogP contribution in [0, 0.1) is 5.92 Å². The van der Waals surface area contributed by atoms with Crippen molar-refractivity contribution in [1.29, 1.82) is 0 Å². The van der Waals surface area contributed by atoms with Gasteiger partial charge in [0, 0.05) is 31.8 Å². The molecule has 0 spiro atoms. The van der Waals surface area contributed by atoms with E-state index in [-0.39, 0.29) is 17.3 Å². The van der Waals surface area contributed by atoms with Crippen LogP contribution in [0.5, 0.6) is 0 Å². The predicted molar refractivity (Wildman–Crippen MR) is 98.3 cm³/mol. The molecule has 0 bridgehead atoms. The average molecular weight is 370 g/mol. The Morgan fingerprint density at radius 2 is 1.89 bits per heavy atom. The molecule has 0 aliphatic carbocycles. The summed E-state index contributed by atoms with van der Waals surface area (Å²) < 4.78 is 0. The summed E-state index contributed by atoms with van der Waals surface area (Å²) in [5.41, 5.74) is 2.78. The molecular weight excluding hydrogens is 348 g/mol. The zero-order chi connectivity index (χ0) is 19.4.